The van der Waals surface area contributed by atoms with Crippen LogP contribution in [-0.2, 0) is 0 Å². The lowest BCUT2D eigenvalue weighted by Gasteiger charge is -2.23. The highest BCUT2D eigenvalue weighted by Gasteiger charge is 2.16. The first-order valence-electron chi connectivity index (χ1n) is 6.19. The summed E-state index contributed by atoms with van der Waals surface area (Å²) in [4.78, 5) is 7.05. The maximum atomic E-state index is 4.66. The molecule has 0 atom stereocenters. The van der Waals surface area contributed by atoms with Gasteiger partial charge in [-0.1, -0.05) is 0 Å². The van der Waals surface area contributed by atoms with Gasteiger partial charge in [0.25, 0.3) is 0 Å². The minimum atomic E-state index is 0.479. The molecule has 0 unspecified atom stereocenters. The van der Waals surface area contributed by atoms with Crippen molar-refractivity contribution in [2.45, 2.75) is 33.2 Å². The Kier molecular flexibility index (Phi) is 3.49. The summed E-state index contributed by atoms with van der Waals surface area (Å²) < 4.78 is 2.28. The van der Waals surface area contributed by atoms with E-state index in [2.05, 4.69) is 46.7 Å². The summed E-state index contributed by atoms with van der Waals surface area (Å²) in [5.41, 5.74) is 1.11. The maximum absolute atomic E-state index is 4.66. The third-order valence-electron chi connectivity index (χ3n) is 3.01. The van der Waals surface area contributed by atoms with Crippen LogP contribution in [-0.4, -0.2) is 35.7 Å². The van der Waals surface area contributed by atoms with Gasteiger partial charge >= 0.3 is 0 Å². The molecule has 0 amide bonds. The maximum Gasteiger partial charge on any atom is 0.205 e. The summed E-state index contributed by atoms with van der Waals surface area (Å²) >= 11 is 0. The van der Waals surface area contributed by atoms with Crippen molar-refractivity contribution in [3.8, 4) is 0 Å². The molecular weight excluding hydrogens is 200 g/mol. The fourth-order valence-corrected chi connectivity index (χ4v) is 2.16. The number of anilines is 1. The smallest absolute Gasteiger partial charge is 0.205 e. The minimum absolute atomic E-state index is 0.479. The van der Waals surface area contributed by atoms with Crippen LogP contribution in [0.3, 0.4) is 0 Å². The highest BCUT2D eigenvalue weighted by molar-refractivity contribution is 5.34. The Labute approximate surface area is 97.7 Å². The molecule has 0 saturated carbocycles. The van der Waals surface area contributed by atoms with E-state index in [0.717, 1.165) is 37.8 Å². The molecule has 90 valence electrons. The Morgan fingerprint density at radius 1 is 1.31 bits per heavy atom. The van der Waals surface area contributed by atoms with Crippen LogP contribution in [0.15, 0.2) is 6.20 Å². The second-order valence-electron chi connectivity index (χ2n) is 4.77. The van der Waals surface area contributed by atoms with Crippen LogP contribution < -0.4 is 10.2 Å². The monoisotopic (exact) mass is 222 g/mol. The van der Waals surface area contributed by atoms with Gasteiger partial charge in [-0.05, 0) is 33.7 Å². The predicted octanol–water partition coefficient (Wildman–Crippen LogP) is 1.57. The quantitative estimate of drug-likeness (QED) is 0.824. The second kappa shape index (κ2) is 4.87. The van der Waals surface area contributed by atoms with E-state index in [4.69, 9.17) is 0 Å². The van der Waals surface area contributed by atoms with Crippen LogP contribution in [0.25, 0.3) is 0 Å². The Morgan fingerprint density at radius 3 is 2.88 bits per heavy atom. The highest BCUT2D eigenvalue weighted by atomic mass is 15.3. The van der Waals surface area contributed by atoms with Crippen molar-refractivity contribution >= 4 is 5.95 Å². The fraction of sp³-hybridized carbons (Fsp3) is 0.750. The van der Waals surface area contributed by atoms with Gasteiger partial charge in [-0.25, -0.2) is 4.98 Å². The van der Waals surface area contributed by atoms with E-state index in [1.807, 2.05) is 0 Å². The van der Waals surface area contributed by atoms with Crippen LogP contribution in [0.4, 0.5) is 5.95 Å². The molecule has 0 radical (unpaired) electrons. The van der Waals surface area contributed by atoms with E-state index in [-0.39, 0.29) is 0 Å². The zero-order valence-corrected chi connectivity index (χ0v) is 10.5. The van der Waals surface area contributed by atoms with Crippen molar-refractivity contribution in [1.82, 2.24) is 14.9 Å². The molecular formula is C12H22N4. The Balaban J connectivity index is 2.23. The van der Waals surface area contributed by atoms with E-state index >= 15 is 0 Å². The molecule has 0 spiro atoms. The van der Waals surface area contributed by atoms with Gasteiger partial charge < -0.3 is 14.8 Å². The molecule has 4 heteroatoms. The molecule has 1 aromatic rings. The molecule has 16 heavy (non-hydrogen) atoms. The topological polar surface area (TPSA) is 33.1 Å². The molecule has 4 nitrogen and oxygen atoms in total. The third kappa shape index (κ3) is 2.38. The average molecular weight is 222 g/mol. The Hall–Kier alpha value is -1.03. The number of nitrogens with zero attached hydrogens (tertiary/aromatic N) is 3. The first-order chi connectivity index (χ1) is 7.68. The molecule has 0 bridgehead atoms. The second-order valence-corrected chi connectivity index (χ2v) is 4.77. The third-order valence-corrected chi connectivity index (χ3v) is 3.01. The van der Waals surface area contributed by atoms with Crippen molar-refractivity contribution in [3.05, 3.63) is 11.9 Å². The number of aromatic nitrogens is 2. The van der Waals surface area contributed by atoms with Gasteiger partial charge in [-0.15, -0.1) is 0 Å². The summed E-state index contributed by atoms with van der Waals surface area (Å²) in [5, 5.41) is 3.42. The zero-order valence-electron chi connectivity index (χ0n) is 10.5. The number of aryl methyl sites for hydroxylation is 1. The first-order valence-corrected chi connectivity index (χ1v) is 6.19. The highest BCUT2D eigenvalue weighted by Crippen LogP contribution is 2.19. The van der Waals surface area contributed by atoms with Gasteiger partial charge in [-0.3, -0.25) is 0 Å². The lowest BCUT2D eigenvalue weighted by atomic mass is 10.4. The van der Waals surface area contributed by atoms with E-state index < -0.39 is 0 Å². The van der Waals surface area contributed by atoms with Gasteiger partial charge in [0, 0.05) is 31.9 Å². The fourth-order valence-electron chi connectivity index (χ4n) is 2.16. The Morgan fingerprint density at radius 2 is 2.12 bits per heavy atom. The summed E-state index contributed by atoms with van der Waals surface area (Å²) in [6.07, 6.45) is 3.35. The van der Waals surface area contributed by atoms with Gasteiger partial charge in [0.05, 0.1) is 5.69 Å². The minimum Gasteiger partial charge on any atom is -0.341 e. The van der Waals surface area contributed by atoms with Crippen molar-refractivity contribution in [2.24, 2.45) is 0 Å². The normalized spacial score (nSPS) is 17.9. The van der Waals surface area contributed by atoms with Crippen molar-refractivity contribution < 1.29 is 0 Å². The van der Waals surface area contributed by atoms with Crippen LogP contribution in [0, 0.1) is 6.92 Å². The molecule has 1 aromatic heterocycles. The van der Waals surface area contributed by atoms with Gasteiger partial charge in [0.2, 0.25) is 5.95 Å². The van der Waals surface area contributed by atoms with E-state index in [0.29, 0.717) is 6.04 Å². The lowest BCUT2D eigenvalue weighted by Crippen LogP contribution is -2.30. The number of hydrogen-bond donors (Lipinski definition) is 1. The van der Waals surface area contributed by atoms with Crippen LogP contribution in [0.5, 0.6) is 0 Å². The van der Waals surface area contributed by atoms with Crippen molar-refractivity contribution in [1.29, 1.82) is 0 Å². The molecule has 1 fully saturated rings. The number of imidazole rings is 1. The molecule has 2 rings (SSSR count). The molecule has 2 heterocycles. The van der Waals surface area contributed by atoms with Crippen LogP contribution >= 0.6 is 0 Å². The van der Waals surface area contributed by atoms with Crippen molar-refractivity contribution in [3.63, 3.8) is 0 Å². The van der Waals surface area contributed by atoms with E-state index in [1.165, 1.54) is 6.42 Å². The SMILES string of the molecule is Cc1cn(C(C)C)c(N2CCCNCC2)n1. The zero-order chi connectivity index (χ0) is 11.5. The standard InChI is InChI=1S/C12H22N4/c1-10(2)16-9-11(3)14-12(16)15-7-4-5-13-6-8-15/h9-10,13H,4-8H2,1-3H3. The predicted molar refractivity (Wildman–Crippen MR) is 67.0 cm³/mol. The van der Waals surface area contributed by atoms with E-state index in [9.17, 15) is 0 Å². The molecule has 0 aliphatic carbocycles. The Bertz CT molecular complexity index is 335. The first kappa shape index (κ1) is 11.5. The molecule has 1 N–H and O–H groups in total. The molecule has 1 saturated heterocycles. The lowest BCUT2D eigenvalue weighted by molar-refractivity contribution is 0.585. The summed E-state index contributed by atoms with van der Waals surface area (Å²) in [5.74, 6) is 1.14. The summed E-state index contributed by atoms with van der Waals surface area (Å²) in [7, 11) is 0. The number of nitrogens with one attached hydrogen (secondary N) is 1. The van der Waals surface area contributed by atoms with Crippen LogP contribution in [0.1, 0.15) is 32.0 Å². The summed E-state index contributed by atoms with van der Waals surface area (Å²) in [6, 6.07) is 0.479. The molecule has 1 aliphatic heterocycles. The number of hydrogen-bond acceptors (Lipinski definition) is 3. The van der Waals surface area contributed by atoms with E-state index in [1.54, 1.807) is 0 Å². The largest absolute Gasteiger partial charge is 0.341 e. The van der Waals surface area contributed by atoms with Crippen LogP contribution in [0.2, 0.25) is 0 Å². The van der Waals surface area contributed by atoms with Crippen molar-refractivity contribution in [2.75, 3.05) is 31.1 Å². The summed E-state index contributed by atoms with van der Waals surface area (Å²) in [6.45, 7) is 10.8. The average Bonchev–Trinajstić information content (AvgIpc) is 2.49. The number of rotatable bonds is 2. The molecule has 1 aliphatic rings. The van der Waals surface area contributed by atoms with Gasteiger partial charge in [0.15, 0.2) is 0 Å². The molecule has 0 aromatic carbocycles. The van der Waals surface area contributed by atoms with Gasteiger partial charge in [-0.2, -0.15) is 0 Å². The van der Waals surface area contributed by atoms with Gasteiger partial charge in [0.1, 0.15) is 0 Å².